The molecule has 0 spiro atoms. The Bertz CT molecular complexity index is 2670. The molecular formula is C30H23FeN7O17S4. The van der Waals surface area contributed by atoms with Crippen molar-refractivity contribution in [2.24, 2.45) is 30.7 Å². The summed E-state index contributed by atoms with van der Waals surface area (Å²) in [6.45, 7) is -0.470. The number of aromatic hydroxyl groups is 3. The van der Waals surface area contributed by atoms with Crippen LogP contribution in [0.4, 0.5) is 39.8 Å². The van der Waals surface area contributed by atoms with E-state index in [0.29, 0.717) is 28.4 Å². The summed E-state index contributed by atoms with van der Waals surface area (Å²) in [6.07, 6.45) is 0. The van der Waals surface area contributed by atoms with E-state index in [0.717, 1.165) is 36.4 Å². The molecule has 0 saturated heterocycles. The molecule has 5 aromatic carbocycles. The van der Waals surface area contributed by atoms with Crippen molar-refractivity contribution in [2.75, 3.05) is 12.4 Å². The van der Waals surface area contributed by atoms with Crippen LogP contribution in [0.3, 0.4) is 0 Å². The summed E-state index contributed by atoms with van der Waals surface area (Å²) in [5.41, 5.74) is -1.57. The maximum absolute atomic E-state index is 12.8. The van der Waals surface area contributed by atoms with Gasteiger partial charge in [0.25, 0.3) is 15.8 Å². The van der Waals surface area contributed by atoms with Gasteiger partial charge in [-0.25, -0.2) is 18.9 Å². The SMILES string of the molecule is O=[N+]([O-])c1ccc(N=Nc2c(O)ccc(N=Nc3ccc(N=Nc4ccc(S(=O)(=O)CCOSOOO)cc4S(=O)(=O)O)c4ccc(SOOO)cc34)c2O)c(O)c1.[Fe]. The molecule has 6 N–H and O–H groups in total. The summed E-state index contributed by atoms with van der Waals surface area (Å²) in [5, 5.41) is 90.3. The molecule has 0 atom stereocenters. The second-order valence-corrected chi connectivity index (χ2v) is 15.6. The number of phenols is 3. The van der Waals surface area contributed by atoms with Crippen LogP contribution in [0, 0.1) is 10.1 Å². The van der Waals surface area contributed by atoms with Crippen LogP contribution in [0.5, 0.6) is 17.2 Å². The number of phenolic OH excluding ortho intramolecular Hbond substituents is 3. The van der Waals surface area contributed by atoms with E-state index in [-0.39, 0.29) is 57.5 Å². The summed E-state index contributed by atoms with van der Waals surface area (Å²) >= 11 is 0.724. The fourth-order valence-corrected chi connectivity index (χ4v) is 7.20. The molecule has 0 radical (unpaired) electrons. The zero-order valence-corrected chi connectivity index (χ0v) is 33.1. The number of hydrogen-bond acceptors (Lipinski definition) is 24. The van der Waals surface area contributed by atoms with E-state index in [1.807, 2.05) is 0 Å². The van der Waals surface area contributed by atoms with Gasteiger partial charge in [0.05, 0.1) is 51.7 Å². The number of azo groups is 3. The molecule has 0 saturated carbocycles. The van der Waals surface area contributed by atoms with Crippen LogP contribution in [0.1, 0.15) is 0 Å². The van der Waals surface area contributed by atoms with Gasteiger partial charge >= 0.3 is 0 Å². The molecule has 24 nitrogen and oxygen atoms in total. The minimum Gasteiger partial charge on any atom is -0.505 e. The van der Waals surface area contributed by atoms with Crippen LogP contribution < -0.4 is 0 Å². The number of hydrogen-bond donors (Lipinski definition) is 6. The van der Waals surface area contributed by atoms with Crippen molar-refractivity contribution in [1.82, 2.24) is 0 Å². The molecule has 5 rings (SSSR count). The average Bonchev–Trinajstić information content (AvgIpc) is 3.18. The standard InChI is InChI=1S/C30H23N7O17S4.Fe/c38-26-10-9-25(30(40)29(26)36-33-23-5-1-16(37(41)42)13-27(23)39)35-32-22-8-7-21(19-4-2-17(14-20(19)22)55-53-51-43)31-34-24-6-3-18(15-28(24)58(47,48)49)57(45,46)12-11-50-56-54-52-44;/h1-10,13-15,38-40,43-44H,11-12H2,(H,47,48,49);. The summed E-state index contributed by atoms with van der Waals surface area (Å²) in [5.74, 6) is -2.51. The second kappa shape index (κ2) is 20.6. The van der Waals surface area contributed by atoms with Crippen LogP contribution in [0.15, 0.2) is 124 Å². The summed E-state index contributed by atoms with van der Waals surface area (Å²) in [4.78, 5) is 9.17. The Kier molecular flexibility index (Phi) is 16.2. The zero-order chi connectivity index (χ0) is 42.0. The molecule has 29 heteroatoms. The maximum Gasteiger partial charge on any atom is 0.296 e. The fraction of sp³-hybridized carbons (Fsp3) is 0.0667. The molecule has 0 aliphatic heterocycles. The van der Waals surface area contributed by atoms with Gasteiger partial charge in [0.2, 0.25) is 0 Å². The van der Waals surface area contributed by atoms with Crippen LogP contribution in [0.25, 0.3) is 10.8 Å². The van der Waals surface area contributed by atoms with Crippen molar-refractivity contribution in [2.45, 2.75) is 14.7 Å². The molecule has 0 aliphatic rings. The largest absolute Gasteiger partial charge is 0.505 e. The number of nitrogens with zero attached hydrogens (tertiary/aromatic N) is 7. The Morgan fingerprint density at radius 3 is 1.95 bits per heavy atom. The monoisotopic (exact) mass is 937 g/mol. The predicted octanol–water partition coefficient (Wildman–Crippen LogP) is 8.56. The molecule has 0 amide bonds. The van der Waals surface area contributed by atoms with Gasteiger partial charge < -0.3 is 15.3 Å². The van der Waals surface area contributed by atoms with Crippen LogP contribution in [-0.4, -0.2) is 64.5 Å². The molecule has 0 unspecified atom stereocenters. The van der Waals surface area contributed by atoms with Crippen molar-refractivity contribution < 1.29 is 92.1 Å². The third kappa shape index (κ3) is 11.9. The van der Waals surface area contributed by atoms with Crippen LogP contribution in [-0.2, 0) is 60.0 Å². The minimum atomic E-state index is -5.06. The predicted molar refractivity (Wildman–Crippen MR) is 198 cm³/mol. The Morgan fingerprint density at radius 1 is 0.678 bits per heavy atom. The van der Waals surface area contributed by atoms with E-state index >= 15 is 0 Å². The average molecular weight is 938 g/mol. The minimum absolute atomic E-state index is 0. The molecule has 0 aromatic heterocycles. The van der Waals surface area contributed by atoms with Crippen molar-refractivity contribution >= 4 is 94.9 Å². The number of nitro benzene ring substituents is 1. The third-order valence-electron chi connectivity index (χ3n) is 7.28. The van der Waals surface area contributed by atoms with Gasteiger partial charge in [0.15, 0.2) is 33.6 Å². The number of fused-ring (bicyclic) bond motifs is 1. The first-order chi connectivity index (χ1) is 27.6. The fourth-order valence-electron chi connectivity index (χ4n) is 4.65. The van der Waals surface area contributed by atoms with Crippen LogP contribution >= 0.6 is 24.4 Å². The van der Waals surface area contributed by atoms with Crippen molar-refractivity contribution in [3.05, 3.63) is 89.0 Å². The van der Waals surface area contributed by atoms with E-state index in [1.165, 1.54) is 36.4 Å². The second-order valence-electron chi connectivity index (χ2n) is 10.8. The van der Waals surface area contributed by atoms with Crippen LogP contribution in [0.2, 0.25) is 0 Å². The Morgan fingerprint density at radius 2 is 1.29 bits per heavy atom. The first-order valence-electron chi connectivity index (χ1n) is 15.2. The molecule has 0 fully saturated rings. The van der Waals surface area contributed by atoms with Gasteiger partial charge in [-0.15, -0.1) is 39.4 Å². The molecule has 59 heavy (non-hydrogen) atoms. The number of sulfone groups is 1. The normalized spacial score (nSPS) is 12.2. The maximum atomic E-state index is 12.8. The number of non-ortho nitro benzene ring substituents is 1. The number of nitro groups is 1. The Hall–Kier alpha value is -5.24. The first kappa shape index (κ1) is 46.4. The van der Waals surface area contributed by atoms with Gasteiger partial charge in [-0.05, 0) is 60.7 Å². The van der Waals surface area contributed by atoms with Crippen molar-refractivity contribution in [3.63, 3.8) is 0 Å². The zero-order valence-electron chi connectivity index (χ0n) is 28.7. The quantitative estimate of drug-likeness (QED) is 0.00700. The summed E-state index contributed by atoms with van der Waals surface area (Å²) in [7, 11) is -9.24. The topological polar surface area (TPSA) is 353 Å². The molecule has 0 aliphatic carbocycles. The Balaban J connectivity index is 0.00000769. The van der Waals surface area contributed by atoms with E-state index in [9.17, 15) is 46.8 Å². The first-order valence-corrected chi connectivity index (χ1v) is 19.7. The summed E-state index contributed by atoms with van der Waals surface area (Å²) in [6, 6.07) is 15.3. The number of benzene rings is 5. The van der Waals surface area contributed by atoms with Crippen molar-refractivity contribution in [3.8, 4) is 17.2 Å². The Labute approximate surface area is 349 Å². The van der Waals surface area contributed by atoms with E-state index in [1.54, 1.807) is 0 Å². The van der Waals surface area contributed by atoms with E-state index in [2.05, 4.69) is 49.4 Å². The third-order valence-corrected chi connectivity index (χ3v) is 10.8. The molecule has 0 bridgehead atoms. The molecule has 312 valence electrons. The van der Waals surface area contributed by atoms with Gasteiger partial charge in [-0.3, -0.25) is 18.9 Å². The van der Waals surface area contributed by atoms with Crippen molar-refractivity contribution in [1.29, 1.82) is 0 Å². The van der Waals surface area contributed by atoms with Gasteiger partial charge in [-0.1, -0.05) is 16.1 Å². The van der Waals surface area contributed by atoms with Gasteiger partial charge in [-0.2, -0.15) is 8.42 Å². The summed E-state index contributed by atoms with van der Waals surface area (Å²) < 4.78 is 73.3. The van der Waals surface area contributed by atoms with Gasteiger partial charge in [0.1, 0.15) is 33.5 Å². The van der Waals surface area contributed by atoms with E-state index in [4.69, 9.17) is 14.7 Å². The molecular weight excluding hydrogens is 914 g/mol. The van der Waals surface area contributed by atoms with Gasteiger partial charge in [0, 0.05) is 38.8 Å². The van der Waals surface area contributed by atoms with E-state index < -0.39 is 81.3 Å². The smallest absolute Gasteiger partial charge is 0.296 e. The number of rotatable bonds is 18. The molecule has 5 aromatic rings. The molecule has 0 heterocycles.